The number of hydrogen-bond acceptors (Lipinski definition) is 3. The molecule has 0 spiro atoms. The molecule has 0 heterocycles. The number of carbonyl (C=O) groups excluding carboxylic acids is 1. The van der Waals surface area contributed by atoms with Crippen molar-refractivity contribution >= 4 is 18.0 Å². The van der Waals surface area contributed by atoms with E-state index >= 15 is 0 Å². The molecular formula is C12H12O4. The van der Waals surface area contributed by atoms with Crippen LogP contribution in [-0.4, -0.2) is 23.7 Å². The molecule has 4 heteroatoms. The van der Waals surface area contributed by atoms with Crippen LogP contribution in [-0.2, 0) is 9.53 Å². The topological polar surface area (TPSA) is 63.6 Å². The Morgan fingerprint density at radius 2 is 1.94 bits per heavy atom. The highest BCUT2D eigenvalue weighted by Gasteiger charge is 2.00. The molecule has 0 amide bonds. The summed E-state index contributed by atoms with van der Waals surface area (Å²) < 4.78 is 4.71. The van der Waals surface area contributed by atoms with Crippen molar-refractivity contribution in [3.8, 4) is 0 Å². The first-order valence-corrected chi connectivity index (χ1v) is 4.81. The van der Waals surface area contributed by atoms with Gasteiger partial charge >= 0.3 is 11.9 Å². The zero-order valence-electron chi connectivity index (χ0n) is 8.84. The normalized spacial score (nSPS) is 10.3. The van der Waals surface area contributed by atoms with E-state index in [-0.39, 0.29) is 5.56 Å². The highest BCUT2D eigenvalue weighted by molar-refractivity contribution is 5.89. The van der Waals surface area contributed by atoms with Gasteiger partial charge in [-0.3, -0.25) is 0 Å². The van der Waals surface area contributed by atoms with Gasteiger partial charge < -0.3 is 9.84 Å². The Hall–Kier alpha value is -2.10. The Labute approximate surface area is 93.2 Å². The molecule has 0 aliphatic rings. The molecule has 0 saturated heterocycles. The number of carbonyl (C=O) groups is 2. The molecule has 1 N–H and O–H groups in total. The maximum absolute atomic E-state index is 11.0. The number of aromatic carboxylic acids is 1. The zero-order chi connectivity index (χ0) is 12.0. The molecule has 1 aromatic carbocycles. The van der Waals surface area contributed by atoms with E-state index in [1.54, 1.807) is 25.1 Å². The van der Waals surface area contributed by atoms with E-state index in [9.17, 15) is 9.59 Å². The van der Waals surface area contributed by atoms with Crippen molar-refractivity contribution in [2.24, 2.45) is 0 Å². The Kier molecular flexibility index (Phi) is 4.27. The SMILES string of the molecule is CCOC(=O)/C=C/c1ccc(C(=O)O)cc1. The summed E-state index contributed by atoms with van der Waals surface area (Å²) in [4.78, 5) is 21.6. The lowest BCUT2D eigenvalue weighted by molar-refractivity contribution is -0.137. The maximum atomic E-state index is 11.0. The van der Waals surface area contributed by atoms with Gasteiger partial charge in [0.05, 0.1) is 12.2 Å². The van der Waals surface area contributed by atoms with Crippen LogP contribution in [0.3, 0.4) is 0 Å². The molecule has 4 nitrogen and oxygen atoms in total. The molecule has 16 heavy (non-hydrogen) atoms. The lowest BCUT2D eigenvalue weighted by atomic mass is 10.1. The van der Waals surface area contributed by atoms with E-state index in [0.29, 0.717) is 6.61 Å². The lowest BCUT2D eigenvalue weighted by Gasteiger charge is -1.96. The minimum absolute atomic E-state index is 0.216. The van der Waals surface area contributed by atoms with E-state index in [0.717, 1.165) is 5.56 Å². The summed E-state index contributed by atoms with van der Waals surface area (Å²) in [6, 6.07) is 6.21. The molecule has 0 aromatic heterocycles. The number of rotatable bonds is 4. The van der Waals surface area contributed by atoms with Gasteiger partial charge in [-0.15, -0.1) is 0 Å². The standard InChI is InChI=1S/C12H12O4/c1-2-16-11(13)8-5-9-3-6-10(7-4-9)12(14)15/h3-8H,2H2,1H3,(H,14,15)/b8-5+. The number of esters is 1. The van der Waals surface area contributed by atoms with Crippen molar-refractivity contribution in [2.45, 2.75) is 6.92 Å². The monoisotopic (exact) mass is 220 g/mol. The van der Waals surface area contributed by atoms with Crippen LogP contribution in [0.4, 0.5) is 0 Å². The number of benzene rings is 1. The summed E-state index contributed by atoms with van der Waals surface area (Å²) in [5.41, 5.74) is 0.964. The summed E-state index contributed by atoms with van der Waals surface area (Å²) in [6.45, 7) is 2.06. The van der Waals surface area contributed by atoms with Crippen molar-refractivity contribution in [2.75, 3.05) is 6.61 Å². The van der Waals surface area contributed by atoms with Crippen LogP contribution in [0.25, 0.3) is 6.08 Å². The Morgan fingerprint density at radius 1 is 1.31 bits per heavy atom. The van der Waals surface area contributed by atoms with Crippen molar-refractivity contribution in [1.82, 2.24) is 0 Å². The van der Waals surface area contributed by atoms with Crippen molar-refractivity contribution in [3.63, 3.8) is 0 Å². The van der Waals surface area contributed by atoms with Crippen molar-refractivity contribution < 1.29 is 19.4 Å². The first kappa shape index (κ1) is 12.0. The van der Waals surface area contributed by atoms with Crippen LogP contribution in [0, 0.1) is 0 Å². The molecule has 0 radical (unpaired) electrons. The smallest absolute Gasteiger partial charge is 0.335 e. The van der Waals surface area contributed by atoms with Crippen LogP contribution in [0.15, 0.2) is 30.3 Å². The van der Waals surface area contributed by atoms with Gasteiger partial charge in [0.1, 0.15) is 0 Å². The van der Waals surface area contributed by atoms with E-state index in [2.05, 4.69) is 0 Å². The van der Waals surface area contributed by atoms with Crippen molar-refractivity contribution in [3.05, 3.63) is 41.5 Å². The molecule has 0 aliphatic carbocycles. The second kappa shape index (κ2) is 5.70. The molecule has 1 rings (SSSR count). The van der Waals surface area contributed by atoms with Crippen LogP contribution in [0.5, 0.6) is 0 Å². The quantitative estimate of drug-likeness (QED) is 0.622. The number of carboxylic acid groups (broad SMARTS) is 1. The average Bonchev–Trinajstić information content (AvgIpc) is 2.27. The average molecular weight is 220 g/mol. The Morgan fingerprint density at radius 3 is 2.44 bits per heavy atom. The fraction of sp³-hybridized carbons (Fsp3) is 0.167. The van der Waals surface area contributed by atoms with Gasteiger partial charge in [0.25, 0.3) is 0 Å². The van der Waals surface area contributed by atoms with Gasteiger partial charge in [-0.2, -0.15) is 0 Å². The zero-order valence-corrected chi connectivity index (χ0v) is 8.84. The first-order valence-electron chi connectivity index (χ1n) is 4.81. The molecule has 0 atom stereocenters. The third-order valence-electron chi connectivity index (χ3n) is 1.86. The molecule has 0 saturated carbocycles. The summed E-state index contributed by atoms with van der Waals surface area (Å²) in [5.74, 6) is -1.38. The Bertz CT molecular complexity index is 404. The second-order valence-electron chi connectivity index (χ2n) is 3.01. The Balaban J connectivity index is 2.68. The number of carboxylic acids is 1. The third kappa shape index (κ3) is 3.57. The molecule has 84 valence electrons. The van der Waals surface area contributed by atoms with Crippen LogP contribution >= 0.6 is 0 Å². The second-order valence-corrected chi connectivity index (χ2v) is 3.01. The van der Waals surface area contributed by atoms with Crippen LogP contribution in [0.1, 0.15) is 22.8 Å². The lowest BCUT2D eigenvalue weighted by Crippen LogP contribution is -1.98. The summed E-state index contributed by atoms with van der Waals surface area (Å²) in [6.07, 6.45) is 2.88. The summed E-state index contributed by atoms with van der Waals surface area (Å²) >= 11 is 0. The predicted octanol–water partition coefficient (Wildman–Crippen LogP) is 1.96. The first-order chi connectivity index (χ1) is 7.63. The fourth-order valence-corrected chi connectivity index (χ4v) is 1.09. The van der Waals surface area contributed by atoms with E-state index in [1.165, 1.54) is 18.2 Å². The number of hydrogen-bond donors (Lipinski definition) is 1. The highest BCUT2D eigenvalue weighted by Crippen LogP contribution is 2.06. The molecule has 1 aromatic rings. The fourth-order valence-electron chi connectivity index (χ4n) is 1.09. The van der Waals surface area contributed by atoms with Gasteiger partial charge in [0.2, 0.25) is 0 Å². The van der Waals surface area contributed by atoms with Gasteiger partial charge in [0, 0.05) is 6.08 Å². The predicted molar refractivity (Wildman–Crippen MR) is 59.1 cm³/mol. The summed E-state index contributed by atoms with van der Waals surface area (Å²) in [5, 5.41) is 8.67. The van der Waals surface area contributed by atoms with Crippen LogP contribution in [0.2, 0.25) is 0 Å². The van der Waals surface area contributed by atoms with Crippen LogP contribution < -0.4 is 0 Å². The minimum atomic E-state index is -0.971. The molecule has 0 aliphatic heterocycles. The molecule has 0 fully saturated rings. The summed E-state index contributed by atoms with van der Waals surface area (Å²) in [7, 11) is 0. The maximum Gasteiger partial charge on any atom is 0.335 e. The van der Waals surface area contributed by atoms with E-state index in [1.807, 2.05) is 0 Å². The van der Waals surface area contributed by atoms with Gasteiger partial charge in [-0.25, -0.2) is 9.59 Å². The molecular weight excluding hydrogens is 208 g/mol. The van der Waals surface area contributed by atoms with E-state index in [4.69, 9.17) is 9.84 Å². The minimum Gasteiger partial charge on any atom is -0.478 e. The van der Waals surface area contributed by atoms with Crippen molar-refractivity contribution in [1.29, 1.82) is 0 Å². The molecule has 0 bridgehead atoms. The van der Waals surface area contributed by atoms with Gasteiger partial charge in [0.15, 0.2) is 0 Å². The third-order valence-corrected chi connectivity index (χ3v) is 1.86. The number of ether oxygens (including phenoxy) is 1. The highest BCUT2D eigenvalue weighted by atomic mass is 16.5. The van der Waals surface area contributed by atoms with Gasteiger partial charge in [-0.05, 0) is 30.7 Å². The largest absolute Gasteiger partial charge is 0.478 e. The molecule has 0 unspecified atom stereocenters. The van der Waals surface area contributed by atoms with E-state index < -0.39 is 11.9 Å². The van der Waals surface area contributed by atoms with Gasteiger partial charge in [-0.1, -0.05) is 12.1 Å².